The van der Waals surface area contributed by atoms with Crippen LogP contribution in [0.4, 0.5) is 4.79 Å². The number of hydrogen-bond acceptors (Lipinski definition) is 4. The molecule has 5 nitrogen and oxygen atoms in total. The van der Waals surface area contributed by atoms with E-state index in [9.17, 15) is 4.79 Å². The van der Waals surface area contributed by atoms with Gasteiger partial charge < -0.3 is 14.4 Å². The molecule has 0 bridgehead atoms. The molecule has 6 heteroatoms. The first-order valence-electron chi connectivity index (χ1n) is 7.56. The van der Waals surface area contributed by atoms with Gasteiger partial charge in [-0.1, -0.05) is 0 Å². The molecule has 1 aromatic rings. The molecule has 0 atom stereocenters. The molecule has 2 aliphatic rings. The van der Waals surface area contributed by atoms with Crippen molar-refractivity contribution < 1.29 is 14.3 Å². The fourth-order valence-electron chi connectivity index (χ4n) is 3.08. The van der Waals surface area contributed by atoms with E-state index in [1.54, 1.807) is 4.90 Å². The number of likely N-dealkylation sites (tertiary alicyclic amines) is 1. The van der Waals surface area contributed by atoms with E-state index < -0.39 is 5.60 Å². The third kappa shape index (κ3) is 2.99. The van der Waals surface area contributed by atoms with Crippen LogP contribution in [-0.4, -0.2) is 34.7 Å². The molecule has 0 radical (unpaired) electrons. The van der Waals surface area contributed by atoms with E-state index in [2.05, 4.69) is 20.9 Å². The van der Waals surface area contributed by atoms with Gasteiger partial charge in [0.1, 0.15) is 10.2 Å². The van der Waals surface area contributed by atoms with Crippen LogP contribution in [0.3, 0.4) is 0 Å². The molecule has 1 saturated heterocycles. The van der Waals surface area contributed by atoms with Crippen molar-refractivity contribution in [2.45, 2.75) is 51.4 Å². The second kappa shape index (κ2) is 5.49. The van der Waals surface area contributed by atoms with Gasteiger partial charge in [-0.15, -0.1) is 0 Å². The highest BCUT2D eigenvalue weighted by atomic mass is 79.9. The smallest absolute Gasteiger partial charge is 0.410 e. The van der Waals surface area contributed by atoms with E-state index in [0.29, 0.717) is 19.7 Å². The lowest BCUT2D eigenvalue weighted by molar-refractivity contribution is -0.0798. The Morgan fingerprint density at radius 1 is 1.41 bits per heavy atom. The lowest BCUT2D eigenvalue weighted by Crippen LogP contribution is -2.46. The zero-order valence-corrected chi connectivity index (χ0v) is 14.8. The minimum Gasteiger partial charge on any atom is -0.444 e. The van der Waals surface area contributed by atoms with Crippen LogP contribution in [0.5, 0.6) is 0 Å². The van der Waals surface area contributed by atoms with Crippen LogP contribution in [0.2, 0.25) is 0 Å². The van der Waals surface area contributed by atoms with E-state index >= 15 is 0 Å². The fourth-order valence-corrected chi connectivity index (χ4v) is 3.46. The average molecular weight is 369 g/mol. The molecule has 1 aromatic heterocycles. The first-order chi connectivity index (χ1) is 10.3. The second-order valence-corrected chi connectivity index (χ2v) is 7.73. The number of hydrogen-bond donors (Lipinski definition) is 0. The van der Waals surface area contributed by atoms with Crippen molar-refractivity contribution in [1.82, 2.24) is 9.88 Å². The molecule has 0 saturated carbocycles. The number of carbonyl (C=O) groups is 1. The van der Waals surface area contributed by atoms with Crippen LogP contribution < -0.4 is 0 Å². The highest BCUT2D eigenvalue weighted by molar-refractivity contribution is 9.10. The number of rotatable bonds is 0. The summed E-state index contributed by atoms with van der Waals surface area (Å²) in [6.07, 6.45) is 3.22. The van der Waals surface area contributed by atoms with Crippen LogP contribution in [-0.2, 0) is 21.7 Å². The molecule has 3 rings (SSSR count). The van der Waals surface area contributed by atoms with Gasteiger partial charge in [0.25, 0.3) is 0 Å². The molecule has 2 aliphatic heterocycles. The third-order valence-electron chi connectivity index (χ3n) is 4.17. The second-order valence-electron chi connectivity index (χ2n) is 6.91. The fraction of sp³-hybridized carbons (Fsp3) is 0.625. The number of amides is 1. The third-order valence-corrected chi connectivity index (χ3v) is 4.61. The Balaban J connectivity index is 1.69. The summed E-state index contributed by atoms with van der Waals surface area (Å²) in [5.74, 6) is 0. The summed E-state index contributed by atoms with van der Waals surface area (Å²) >= 11 is 3.40. The highest BCUT2D eigenvalue weighted by Gasteiger charge is 2.44. The van der Waals surface area contributed by atoms with Crippen LogP contribution in [0, 0.1) is 0 Å². The standard InChI is InChI=1S/C16H21BrN2O3/c1-15(2,3)22-14(20)19-6-4-16(5-7-19)12-9-18-13(17)8-11(12)10-21-16/h8-9H,4-7,10H2,1-3H3. The summed E-state index contributed by atoms with van der Waals surface area (Å²) < 4.78 is 12.4. The van der Waals surface area contributed by atoms with Crippen molar-refractivity contribution in [3.05, 3.63) is 28.0 Å². The summed E-state index contributed by atoms with van der Waals surface area (Å²) in [5, 5.41) is 0. The minimum absolute atomic E-state index is 0.241. The van der Waals surface area contributed by atoms with Crippen molar-refractivity contribution in [3.8, 4) is 0 Å². The number of fused-ring (bicyclic) bond motifs is 2. The molecule has 22 heavy (non-hydrogen) atoms. The van der Waals surface area contributed by atoms with Crippen molar-refractivity contribution in [2.75, 3.05) is 13.1 Å². The van der Waals surface area contributed by atoms with E-state index in [4.69, 9.17) is 9.47 Å². The minimum atomic E-state index is -0.459. The van der Waals surface area contributed by atoms with E-state index in [1.807, 2.05) is 33.0 Å². The zero-order chi connectivity index (χ0) is 16.0. The quantitative estimate of drug-likeness (QED) is 0.656. The molecule has 0 N–H and O–H groups in total. The predicted octanol–water partition coefficient (Wildman–Crippen LogP) is 3.60. The van der Waals surface area contributed by atoms with Crippen molar-refractivity contribution >= 4 is 22.0 Å². The predicted molar refractivity (Wildman–Crippen MR) is 85.4 cm³/mol. The molecule has 0 aliphatic carbocycles. The number of carbonyl (C=O) groups excluding carboxylic acids is 1. The molecule has 0 unspecified atom stereocenters. The van der Waals surface area contributed by atoms with E-state index in [0.717, 1.165) is 17.4 Å². The van der Waals surface area contributed by atoms with Crippen LogP contribution in [0.25, 0.3) is 0 Å². The summed E-state index contributed by atoms with van der Waals surface area (Å²) in [5.41, 5.74) is 1.60. The maximum atomic E-state index is 12.2. The summed E-state index contributed by atoms with van der Waals surface area (Å²) in [6, 6.07) is 2.02. The maximum absolute atomic E-state index is 12.2. The van der Waals surface area contributed by atoms with Crippen molar-refractivity contribution in [2.24, 2.45) is 0 Å². The number of aromatic nitrogens is 1. The SMILES string of the molecule is CC(C)(C)OC(=O)N1CCC2(CC1)OCc1cc(Br)ncc12. The van der Waals surface area contributed by atoms with Crippen LogP contribution in [0.15, 0.2) is 16.9 Å². The van der Waals surface area contributed by atoms with Gasteiger partial charge in [-0.25, -0.2) is 9.78 Å². The van der Waals surface area contributed by atoms with Gasteiger partial charge in [0.05, 0.1) is 12.2 Å². The van der Waals surface area contributed by atoms with Gasteiger partial charge in [-0.05, 0) is 61.2 Å². The monoisotopic (exact) mass is 368 g/mol. The Bertz CT molecular complexity index is 590. The number of ether oxygens (including phenoxy) is 2. The van der Waals surface area contributed by atoms with Crippen LogP contribution >= 0.6 is 15.9 Å². The van der Waals surface area contributed by atoms with Gasteiger partial charge in [0, 0.05) is 24.8 Å². The number of nitrogens with zero attached hydrogens (tertiary/aromatic N) is 2. The Labute approximate surface area is 139 Å². The van der Waals surface area contributed by atoms with Crippen LogP contribution in [0.1, 0.15) is 44.7 Å². The van der Waals surface area contributed by atoms with Gasteiger partial charge in [-0.3, -0.25) is 0 Å². The summed E-state index contributed by atoms with van der Waals surface area (Å²) in [6.45, 7) is 7.56. The Morgan fingerprint density at radius 2 is 2.09 bits per heavy atom. The molecule has 1 amide bonds. The molecule has 120 valence electrons. The van der Waals surface area contributed by atoms with Gasteiger partial charge >= 0.3 is 6.09 Å². The largest absolute Gasteiger partial charge is 0.444 e. The Hall–Kier alpha value is -1.14. The maximum Gasteiger partial charge on any atom is 0.410 e. The number of pyridine rings is 1. The zero-order valence-electron chi connectivity index (χ0n) is 13.2. The molecular weight excluding hydrogens is 348 g/mol. The van der Waals surface area contributed by atoms with E-state index in [1.165, 1.54) is 11.1 Å². The lowest BCUT2D eigenvalue weighted by atomic mass is 9.85. The molecular formula is C16H21BrN2O3. The lowest BCUT2D eigenvalue weighted by Gasteiger charge is -2.39. The Morgan fingerprint density at radius 3 is 2.73 bits per heavy atom. The number of piperidine rings is 1. The topological polar surface area (TPSA) is 51.7 Å². The first-order valence-corrected chi connectivity index (χ1v) is 8.35. The van der Waals surface area contributed by atoms with Gasteiger partial charge in [-0.2, -0.15) is 0 Å². The average Bonchev–Trinajstić information content (AvgIpc) is 2.76. The molecule has 1 fully saturated rings. The highest BCUT2D eigenvalue weighted by Crippen LogP contribution is 2.44. The normalized spacial score (nSPS) is 20.1. The Kier molecular flexibility index (Phi) is 3.93. The van der Waals surface area contributed by atoms with Gasteiger partial charge in [0.2, 0.25) is 0 Å². The number of halogens is 1. The molecule has 0 aromatic carbocycles. The van der Waals surface area contributed by atoms with Gasteiger partial charge in [0.15, 0.2) is 0 Å². The molecule has 1 spiro atoms. The summed E-state index contributed by atoms with van der Waals surface area (Å²) in [4.78, 5) is 18.3. The summed E-state index contributed by atoms with van der Waals surface area (Å²) in [7, 11) is 0. The molecule has 3 heterocycles. The first kappa shape index (κ1) is 15.7. The van der Waals surface area contributed by atoms with Crippen molar-refractivity contribution in [3.63, 3.8) is 0 Å². The van der Waals surface area contributed by atoms with Crippen molar-refractivity contribution in [1.29, 1.82) is 0 Å². The van der Waals surface area contributed by atoms with E-state index in [-0.39, 0.29) is 11.7 Å².